The highest BCUT2D eigenvalue weighted by atomic mass is 35.5. The van der Waals surface area contributed by atoms with Gasteiger partial charge in [0.25, 0.3) is 0 Å². The molecule has 0 unspecified atom stereocenters. The number of nitrogens with one attached hydrogen (secondary N) is 1. The maximum Gasteiger partial charge on any atom is 0.319 e. The molecule has 0 radical (unpaired) electrons. The maximum absolute atomic E-state index is 5.95. The van der Waals surface area contributed by atoms with Crippen LogP contribution < -0.4 is 14.8 Å². The van der Waals surface area contributed by atoms with Crippen LogP contribution in [0.15, 0.2) is 6.20 Å². The van der Waals surface area contributed by atoms with Gasteiger partial charge >= 0.3 is 6.01 Å². The molecular weight excluding hydrogens is 230 g/mol. The van der Waals surface area contributed by atoms with Crippen LogP contribution in [0.25, 0.3) is 0 Å². The van der Waals surface area contributed by atoms with Gasteiger partial charge in [-0.25, -0.2) is 4.98 Å². The Hall–Kier alpha value is -1.07. The Morgan fingerprint density at radius 3 is 2.88 bits per heavy atom. The average Bonchev–Trinajstić information content (AvgIpc) is 2.33. The third-order valence-electron chi connectivity index (χ3n) is 2.44. The molecule has 0 aromatic carbocycles. The first kappa shape index (κ1) is 11.4. The summed E-state index contributed by atoms with van der Waals surface area (Å²) in [6.45, 7) is 1.93. The van der Waals surface area contributed by atoms with E-state index in [-0.39, 0.29) is 12.1 Å². The number of methoxy groups -OCH3 is 1. The molecule has 0 spiro atoms. The van der Waals surface area contributed by atoms with Crippen molar-refractivity contribution in [1.82, 2.24) is 15.3 Å². The van der Waals surface area contributed by atoms with Crippen molar-refractivity contribution in [3.63, 3.8) is 0 Å². The van der Waals surface area contributed by atoms with Crippen LogP contribution in [0.5, 0.6) is 11.9 Å². The van der Waals surface area contributed by atoms with Gasteiger partial charge < -0.3 is 14.8 Å². The smallest absolute Gasteiger partial charge is 0.319 e. The summed E-state index contributed by atoms with van der Waals surface area (Å²) in [4.78, 5) is 7.97. The Bertz CT molecular complexity index is 356. The van der Waals surface area contributed by atoms with Crippen molar-refractivity contribution in [2.45, 2.75) is 18.9 Å². The summed E-state index contributed by atoms with van der Waals surface area (Å²) < 4.78 is 10.7. The van der Waals surface area contributed by atoms with Gasteiger partial charge in [0, 0.05) is 0 Å². The van der Waals surface area contributed by atoms with Gasteiger partial charge in [0.15, 0.2) is 0 Å². The Morgan fingerprint density at radius 2 is 2.19 bits per heavy atom. The molecule has 16 heavy (non-hydrogen) atoms. The lowest BCUT2D eigenvalue weighted by molar-refractivity contribution is 0.154. The average molecular weight is 244 g/mol. The van der Waals surface area contributed by atoms with Crippen LogP contribution in [-0.4, -0.2) is 36.3 Å². The molecule has 88 valence electrons. The second kappa shape index (κ2) is 5.32. The van der Waals surface area contributed by atoms with Crippen molar-refractivity contribution in [2.24, 2.45) is 0 Å². The second-order valence-corrected chi connectivity index (χ2v) is 3.98. The van der Waals surface area contributed by atoms with E-state index in [4.69, 9.17) is 21.1 Å². The summed E-state index contributed by atoms with van der Waals surface area (Å²) in [6.07, 6.45) is 3.58. The summed E-state index contributed by atoms with van der Waals surface area (Å²) >= 11 is 5.95. The molecule has 6 heteroatoms. The molecule has 5 nitrogen and oxygen atoms in total. The number of hydrogen-bond acceptors (Lipinski definition) is 5. The molecule has 1 aromatic rings. The quantitative estimate of drug-likeness (QED) is 0.867. The molecule has 1 aromatic heterocycles. The summed E-state index contributed by atoms with van der Waals surface area (Å²) in [5, 5.41) is 3.68. The van der Waals surface area contributed by atoms with Gasteiger partial charge in [0.1, 0.15) is 11.1 Å². The van der Waals surface area contributed by atoms with Crippen molar-refractivity contribution >= 4 is 11.6 Å². The fraction of sp³-hybridized carbons (Fsp3) is 0.600. The number of halogens is 1. The van der Waals surface area contributed by atoms with Crippen molar-refractivity contribution in [3.05, 3.63) is 11.2 Å². The molecule has 1 saturated heterocycles. The third-order valence-corrected chi connectivity index (χ3v) is 2.70. The predicted molar refractivity (Wildman–Crippen MR) is 60.1 cm³/mol. The number of ether oxygens (including phenoxy) is 2. The van der Waals surface area contributed by atoms with E-state index >= 15 is 0 Å². The summed E-state index contributed by atoms with van der Waals surface area (Å²) in [6, 6.07) is 0.272. The monoisotopic (exact) mass is 243 g/mol. The van der Waals surface area contributed by atoms with E-state index in [9.17, 15) is 0 Å². The first-order valence-electron chi connectivity index (χ1n) is 5.23. The van der Waals surface area contributed by atoms with E-state index in [2.05, 4.69) is 15.3 Å². The van der Waals surface area contributed by atoms with Crippen LogP contribution in [-0.2, 0) is 0 Å². The van der Waals surface area contributed by atoms with E-state index < -0.39 is 0 Å². The highest BCUT2D eigenvalue weighted by molar-refractivity contribution is 6.31. The molecule has 1 aliphatic heterocycles. The minimum absolute atomic E-state index is 0.165. The second-order valence-electron chi connectivity index (χ2n) is 3.58. The molecule has 0 saturated carbocycles. The van der Waals surface area contributed by atoms with Crippen LogP contribution in [0.3, 0.4) is 0 Å². The van der Waals surface area contributed by atoms with Crippen molar-refractivity contribution in [1.29, 1.82) is 0 Å². The number of nitrogens with zero attached hydrogens (tertiary/aromatic N) is 2. The maximum atomic E-state index is 5.95. The van der Waals surface area contributed by atoms with Crippen molar-refractivity contribution < 1.29 is 9.47 Å². The minimum atomic E-state index is 0.165. The molecule has 2 heterocycles. The van der Waals surface area contributed by atoms with Gasteiger partial charge in [-0.15, -0.1) is 0 Å². The predicted octanol–water partition coefficient (Wildman–Crippen LogP) is 1.27. The lowest BCUT2D eigenvalue weighted by atomic mass is 10.1. The zero-order valence-electron chi connectivity index (χ0n) is 9.07. The Labute approximate surface area is 99.1 Å². The van der Waals surface area contributed by atoms with E-state index in [1.165, 1.54) is 13.3 Å². The number of aromatic nitrogens is 2. The third kappa shape index (κ3) is 2.74. The molecule has 1 aliphatic rings. The first-order valence-corrected chi connectivity index (χ1v) is 5.61. The Kier molecular flexibility index (Phi) is 3.79. The highest BCUT2D eigenvalue weighted by Crippen LogP contribution is 2.25. The van der Waals surface area contributed by atoms with Crippen molar-refractivity contribution in [3.8, 4) is 11.9 Å². The van der Waals surface area contributed by atoms with E-state index in [0.717, 1.165) is 25.9 Å². The van der Waals surface area contributed by atoms with Crippen LogP contribution >= 0.6 is 11.6 Å². The zero-order valence-corrected chi connectivity index (χ0v) is 9.83. The van der Waals surface area contributed by atoms with Crippen LogP contribution in [0.1, 0.15) is 12.8 Å². The molecule has 0 aliphatic carbocycles. The van der Waals surface area contributed by atoms with Gasteiger partial charge in [0.05, 0.1) is 13.3 Å². The SMILES string of the molecule is COc1ncc(Cl)c(OC2CCNCC2)n1. The molecule has 2 rings (SSSR count). The van der Waals surface area contributed by atoms with Gasteiger partial charge in [-0.05, 0) is 25.9 Å². The fourth-order valence-corrected chi connectivity index (χ4v) is 1.72. The Balaban J connectivity index is 2.06. The van der Waals surface area contributed by atoms with Crippen LogP contribution in [0.4, 0.5) is 0 Å². The normalized spacial score (nSPS) is 17.1. The zero-order chi connectivity index (χ0) is 11.4. The summed E-state index contributed by atoms with van der Waals surface area (Å²) in [5.74, 6) is 0.403. The largest absolute Gasteiger partial charge is 0.473 e. The minimum Gasteiger partial charge on any atom is -0.473 e. The van der Waals surface area contributed by atoms with Gasteiger partial charge in [0.2, 0.25) is 5.88 Å². The fourth-order valence-electron chi connectivity index (χ4n) is 1.59. The highest BCUT2D eigenvalue weighted by Gasteiger charge is 2.17. The van der Waals surface area contributed by atoms with E-state index in [1.54, 1.807) is 0 Å². The number of piperidine rings is 1. The van der Waals surface area contributed by atoms with Crippen molar-refractivity contribution in [2.75, 3.05) is 20.2 Å². The molecule has 0 atom stereocenters. The lowest BCUT2D eigenvalue weighted by Crippen LogP contribution is -2.34. The topological polar surface area (TPSA) is 56.3 Å². The van der Waals surface area contributed by atoms with Gasteiger partial charge in [-0.2, -0.15) is 4.98 Å². The van der Waals surface area contributed by atoms with Gasteiger partial charge in [-0.1, -0.05) is 11.6 Å². The lowest BCUT2D eigenvalue weighted by Gasteiger charge is -2.23. The summed E-state index contributed by atoms with van der Waals surface area (Å²) in [7, 11) is 1.51. The number of hydrogen-bond donors (Lipinski definition) is 1. The molecule has 0 bridgehead atoms. The molecular formula is C10H14ClN3O2. The number of rotatable bonds is 3. The molecule has 1 fully saturated rings. The van der Waals surface area contributed by atoms with E-state index in [1.807, 2.05) is 0 Å². The van der Waals surface area contributed by atoms with Crippen LogP contribution in [0, 0.1) is 0 Å². The van der Waals surface area contributed by atoms with Gasteiger partial charge in [-0.3, -0.25) is 0 Å². The molecule has 1 N–H and O–H groups in total. The standard InChI is InChI=1S/C10H14ClN3O2/c1-15-10-13-6-8(11)9(14-10)16-7-2-4-12-5-3-7/h6-7,12H,2-5H2,1H3. The summed E-state index contributed by atoms with van der Waals surface area (Å²) in [5.41, 5.74) is 0. The molecule has 0 amide bonds. The first-order chi connectivity index (χ1) is 7.79. The van der Waals surface area contributed by atoms with Crippen LogP contribution in [0.2, 0.25) is 5.02 Å². The van der Waals surface area contributed by atoms with E-state index in [0.29, 0.717) is 10.9 Å². The Morgan fingerprint density at radius 1 is 1.44 bits per heavy atom.